The third-order valence-electron chi connectivity index (χ3n) is 2.98. The zero-order valence-electron chi connectivity index (χ0n) is 11.2. The SMILES string of the molecule is CCCn1ncnc1CC(N)c1cn(C)nc1C. The van der Waals surface area contributed by atoms with Gasteiger partial charge in [-0.1, -0.05) is 6.92 Å². The predicted molar refractivity (Wildman–Crippen MR) is 68.9 cm³/mol. The number of hydrogen-bond acceptors (Lipinski definition) is 4. The first-order chi connectivity index (χ1) is 8.61. The van der Waals surface area contributed by atoms with Gasteiger partial charge in [0.1, 0.15) is 12.2 Å². The van der Waals surface area contributed by atoms with Gasteiger partial charge in [0.25, 0.3) is 0 Å². The van der Waals surface area contributed by atoms with E-state index in [0.29, 0.717) is 6.42 Å². The summed E-state index contributed by atoms with van der Waals surface area (Å²) in [5.74, 6) is 0.938. The molecule has 0 bridgehead atoms. The highest BCUT2D eigenvalue weighted by Gasteiger charge is 2.15. The first-order valence-corrected chi connectivity index (χ1v) is 6.24. The Morgan fingerprint density at radius 1 is 1.44 bits per heavy atom. The van der Waals surface area contributed by atoms with Gasteiger partial charge in [0.15, 0.2) is 0 Å². The minimum Gasteiger partial charge on any atom is -0.323 e. The summed E-state index contributed by atoms with van der Waals surface area (Å²) in [5, 5.41) is 8.52. The van der Waals surface area contributed by atoms with Gasteiger partial charge in [0.2, 0.25) is 0 Å². The lowest BCUT2D eigenvalue weighted by atomic mass is 10.1. The molecular weight excluding hydrogens is 228 g/mol. The summed E-state index contributed by atoms with van der Waals surface area (Å²) in [6, 6.07) is -0.0847. The van der Waals surface area contributed by atoms with Gasteiger partial charge in [-0.05, 0) is 13.3 Å². The van der Waals surface area contributed by atoms with Crippen molar-refractivity contribution in [2.45, 2.75) is 39.3 Å². The van der Waals surface area contributed by atoms with Gasteiger partial charge in [0, 0.05) is 37.8 Å². The van der Waals surface area contributed by atoms with Crippen LogP contribution in [-0.2, 0) is 20.0 Å². The molecule has 6 nitrogen and oxygen atoms in total. The van der Waals surface area contributed by atoms with Crippen LogP contribution < -0.4 is 5.73 Å². The molecule has 0 amide bonds. The highest BCUT2D eigenvalue weighted by molar-refractivity contribution is 5.20. The number of nitrogens with two attached hydrogens (primary N) is 1. The number of aromatic nitrogens is 5. The lowest BCUT2D eigenvalue weighted by Gasteiger charge is -2.11. The molecule has 0 saturated heterocycles. The molecule has 0 aromatic carbocycles. The van der Waals surface area contributed by atoms with Crippen molar-refractivity contribution in [1.82, 2.24) is 24.5 Å². The van der Waals surface area contributed by atoms with E-state index in [0.717, 1.165) is 30.0 Å². The van der Waals surface area contributed by atoms with Gasteiger partial charge >= 0.3 is 0 Å². The Balaban J connectivity index is 2.13. The Bertz CT molecular complexity index is 512. The molecule has 98 valence electrons. The van der Waals surface area contributed by atoms with E-state index in [9.17, 15) is 0 Å². The highest BCUT2D eigenvalue weighted by Crippen LogP contribution is 2.17. The average Bonchev–Trinajstić information content (AvgIpc) is 2.87. The van der Waals surface area contributed by atoms with Crippen LogP contribution in [0.3, 0.4) is 0 Å². The molecule has 18 heavy (non-hydrogen) atoms. The van der Waals surface area contributed by atoms with Crippen molar-refractivity contribution < 1.29 is 0 Å². The normalized spacial score (nSPS) is 12.9. The molecule has 0 aliphatic rings. The fourth-order valence-corrected chi connectivity index (χ4v) is 2.13. The molecule has 0 aliphatic carbocycles. The molecule has 2 N–H and O–H groups in total. The van der Waals surface area contributed by atoms with Gasteiger partial charge in [0.05, 0.1) is 5.69 Å². The van der Waals surface area contributed by atoms with Crippen molar-refractivity contribution in [2.75, 3.05) is 0 Å². The molecule has 2 heterocycles. The summed E-state index contributed by atoms with van der Waals surface area (Å²) in [5.41, 5.74) is 8.28. The molecular formula is C12H20N6. The van der Waals surface area contributed by atoms with E-state index in [4.69, 9.17) is 5.73 Å². The van der Waals surface area contributed by atoms with E-state index in [1.807, 2.05) is 24.9 Å². The van der Waals surface area contributed by atoms with Gasteiger partial charge in [-0.2, -0.15) is 10.2 Å². The monoisotopic (exact) mass is 248 g/mol. The molecule has 1 atom stereocenters. The fourth-order valence-electron chi connectivity index (χ4n) is 2.13. The Hall–Kier alpha value is -1.69. The molecule has 6 heteroatoms. The number of rotatable bonds is 5. The molecule has 0 aliphatic heterocycles. The van der Waals surface area contributed by atoms with Crippen LogP contribution in [-0.4, -0.2) is 24.5 Å². The summed E-state index contributed by atoms with van der Waals surface area (Å²) in [6.45, 7) is 4.98. The van der Waals surface area contributed by atoms with Gasteiger partial charge in [-0.15, -0.1) is 0 Å². The third kappa shape index (κ3) is 2.59. The van der Waals surface area contributed by atoms with Crippen LogP contribution >= 0.6 is 0 Å². The maximum absolute atomic E-state index is 6.23. The van der Waals surface area contributed by atoms with Crippen LogP contribution in [0.15, 0.2) is 12.5 Å². The van der Waals surface area contributed by atoms with Crippen LogP contribution in [0.1, 0.15) is 36.5 Å². The predicted octanol–water partition coefficient (Wildman–Crippen LogP) is 0.973. The summed E-state index contributed by atoms with van der Waals surface area (Å²) >= 11 is 0. The Kier molecular flexibility index (Phi) is 3.76. The first kappa shape index (κ1) is 12.8. The van der Waals surface area contributed by atoms with Gasteiger partial charge < -0.3 is 5.73 Å². The maximum atomic E-state index is 6.23. The molecule has 2 aromatic rings. The zero-order valence-corrected chi connectivity index (χ0v) is 11.2. The van der Waals surface area contributed by atoms with Crippen LogP contribution in [0.2, 0.25) is 0 Å². The number of aryl methyl sites for hydroxylation is 3. The van der Waals surface area contributed by atoms with Crippen molar-refractivity contribution in [1.29, 1.82) is 0 Å². The maximum Gasteiger partial charge on any atom is 0.138 e. The van der Waals surface area contributed by atoms with E-state index in [1.54, 1.807) is 11.0 Å². The summed E-state index contributed by atoms with van der Waals surface area (Å²) in [6.07, 6.45) is 5.29. The molecule has 0 saturated carbocycles. The first-order valence-electron chi connectivity index (χ1n) is 6.24. The quantitative estimate of drug-likeness (QED) is 0.855. The standard InChI is InChI=1S/C12H20N6/c1-4-5-18-12(14-8-15-18)6-11(13)10-7-17(3)16-9(10)2/h7-8,11H,4-6,13H2,1-3H3. The average molecular weight is 248 g/mol. The van der Waals surface area contributed by atoms with Crippen LogP contribution in [0.5, 0.6) is 0 Å². The second kappa shape index (κ2) is 5.30. The van der Waals surface area contributed by atoms with Crippen LogP contribution in [0, 0.1) is 6.92 Å². The molecule has 0 fully saturated rings. The minimum atomic E-state index is -0.0847. The number of nitrogens with zero attached hydrogens (tertiary/aromatic N) is 5. The van der Waals surface area contributed by atoms with E-state index < -0.39 is 0 Å². The summed E-state index contributed by atoms with van der Waals surface area (Å²) < 4.78 is 3.72. The Labute approximate surface area is 107 Å². The zero-order chi connectivity index (χ0) is 13.1. The molecule has 0 radical (unpaired) electrons. The summed E-state index contributed by atoms with van der Waals surface area (Å²) in [4.78, 5) is 4.28. The van der Waals surface area contributed by atoms with Crippen molar-refractivity contribution in [2.24, 2.45) is 12.8 Å². The van der Waals surface area contributed by atoms with Gasteiger partial charge in [-0.3, -0.25) is 9.36 Å². The van der Waals surface area contributed by atoms with Crippen molar-refractivity contribution in [3.05, 3.63) is 29.6 Å². The lowest BCUT2D eigenvalue weighted by molar-refractivity contribution is 0.547. The van der Waals surface area contributed by atoms with E-state index in [2.05, 4.69) is 22.1 Å². The third-order valence-corrected chi connectivity index (χ3v) is 2.98. The Morgan fingerprint density at radius 3 is 2.83 bits per heavy atom. The van der Waals surface area contributed by atoms with E-state index >= 15 is 0 Å². The number of hydrogen-bond donors (Lipinski definition) is 1. The fraction of sp³-hybridized carbons (Fsp3) is 0.583. The molecule has 2 rings (SSSR count). The van der Waals surface area contributed by atoms with Crippen molar-refractivity contribution >= 4 is 0 Å². The second-order valence-electron chi connectivity index (χ2n) is 4.55. The largest absolute Gasteiger partial charge is 0.323 e. The van der Waals surface area contributed by atoms with Gasteiger partial charge in [-0.25, -0.2) is 4.98 Å². The van der Waals surface area contributed by atoms with E-state index in [-0.39, 0.29) is 6.04 Å². The minimum absolute atomic E-state index is 0.0847. The lowest BCUT2D eigenvalue weighted by Crippen LogP contribution is -2.17. The molecule has 1 unspecified atom stereocenters. The molecule has 2 aromatic heterocycles. The topological polar surface area (TPSA) is 74.6 Å². The Morgan fingerprint density at radius 2 is 2.22 bits per heavy atom. The summed E-state index contributed by atoms with van der Waals surface area (Å²) in [7, 11) is 1.91. The highest BCUT2D eigenvalue weighted by atomic mass is 15.3. The van der Waals surface area contributed by atoms with Crippen molar-refractivity contribution in [3.8, 4) is 0 Å². The second-order valence-corrected chi connectivity index (χ2v) is 4.55. The van der Waals surface area contributed by atoms with Crippen molar-refractivity contribution in [3.63, 3.8) is 0 Å². The van der Waals surface area contributed by atoms with E-state index in [1.165, 1.54) is 0 Å². The smallest absolute Gasteiger partial charge is 0.138 e. The molecule has 0 spiro atoms. The van der Waals surface area contributed by atoms with Crippen LogP contribution in [0.25, 0.3) is 0 Å². The van der Waals surface area contributed by atoms with Crippen LogP contribution in [0.4, 0.5) is 0 Å².